The summed E-state index contributed by atoms with van der Waals surface area (Å²) >= 11 is 0. The Hall–Kier alpha value is -5.15. The molecule has 0 aromatic rings. The van der Waals surface area contributed by atoms with Gasteiger partial charge in [0.15, 0.2) is 6.10 Å². The number of likely N-dealkylation sites (N-methyl/N-ethyl adjacent to an activating group) is 1. The molecule has 10 heteroatoms. The minimum absolute atomic E-state index is 0.0483. The lowest BCUT2D eigenvalue weighted by Crippen LogP contribution is -2.37. The first-order chi connectivity index (χ1) is 47.0. The van der Waals surface area contributed by atoms with E-state index in [0.29, 0.717) is 17.4 Å². The van der Waals surface area contributed by atoms with Crippen LogP contribution in [0, 0.1) is 0 Å². The zero-order chi connectivity index (χ0) is 69.7. The summed E-state index contributed by atoms with van der Waals surface area (Å²) in [5.74, 6) is -0.890. The van der Waals surface area contributed by atoms with Crippen LogP contribution in [0.4, 0.5) is 0 Å². The molecule has 96 heavy (non-hydrogen) atoms. The first kappa shape index (κ1) is 90.8. The van der Waals surface area contributed by atoms with Gasteiger partial charge in [0.1, 0.15) is 19.8 Å². The lowest BCUT2D eigenvalue weighted by Gasteiger charge is -2.28. The number of unbranched alkanes of at least 4 members (excludes halogenated alkanes) is 22. The summed E-state index contributed by atoms with van der Waals surface area (Å²) in [6.45, 7) is 3.96. The van der Waals surface area contributed by atoms with Gasteiger partial charge in [-0.1, -0.05) is 324 Å². The van der Waals surface area contributed by atoms with E-state index in [1.807, 2.05) is 21.1 Å². The third-order valence-corrected chi connectivity index (χ3v) is 16.6. The van der Waals surface area contributed by atoms with Crippen molar-refractivity contribution in [1.82, 2.24) is 0 Å². The number of rotatable bonds is 68. The molecule has 0 aromatic heterocycles. The Morgan fingerprint density at radius 2 is 0.562 bits per heavy atom. The number of esters is 2. The highest BCUT2D eigenvalue weighted by atomic mass is 31.2. The summed E-state index contributed by atoms with van der Waals surface area (Å²) in [6, 6.07) is 0. The molecule has 0 aromatic carbocycles. The van der Waals surface area contributed by atoms with Gasteiger partial charge in [-0.2, -0.15) is 0 Å². The summed E-state index contributed by atoms with van der Waals surface area (Å²) < 4.78 is 34.3. The molecule has 0 amide bonds. The van der Waals surface area contributed by atoms with E-state index in [4.69, 9.17) is 18.5 Å². The standard InChI is InChI=1S/C86H140NO8P/c1-6-8-10-12-14-16-18-20-22-24-26-28-30-32-34-36-38-40-41-42-43-44-45-47-49-51-53-55-57-59-61-63-65-67-69-71-73-75-77-79-86(89)95-84(83-94-96(90,91)93-81-80-87(3,4)5)82-92-85(88)78-76-74-72-70-68-66-64-62-60-58-56-54-52-50-48-46-39-37-35-33-31-29-27-25-23-21-19-17-15-13-11-9-7-2/h8-11,14-17,20-23,26-29,32,34,38,40,42-43,45,47,51,53,57,59,63,65,69,71,84H,6-7,12-13,18-19,24-25,30-31,33,35-37,39,41,44,46,48-50,52,54-56,58,60-62,64,66-68,70,72-83H2,1-5H3/b10-8-,11-9-,16-14-,17-15-,22-20-,23-21-,28-26-,29-27-,34-32-,40-38-,43-42-,47-45-,53-51-,59-57-,65-63-,71-69-. The monoisotopic (exact) mass is 1350 g/mol. The van der Waals surface area contributed by atoms with Crippen molar-refractivity contribution in [3.63, 3.8) is 0 Å². The second kappa shape index (κ2) is 74.1. The summed E-state index contributed by atoms with van der Waals surface area (Å²) in [5.41, 5.74) is 0. The molecule has 2 unspecified atom stereocenters. The quantitative estimate of drug-likeness (QED) is 0.0195. The van der Waals surface area contributed by atoms with Gasteiger partial charge in [-0.05, 0) is 141 Å². The number of nitrogens with zero attached hydrogens (tertiary/aromatic N) is 1. The minimum atomic E-state index is -4.67. The molecular formula is C86H140NO8P. The molecule has 0 rings (SSSR count). The zero-order valence-corrected chi connectivity index (χ0v) is 62.6. The average molecular weight is 1350 g/mol. The third-order valence-electron chi connectivity index (χ3n) is 15.6. The smallest absolute Gasteiger partial charge is 0.306 e. The Bertz CT molecular complexity index is 2330. The van der Waals surface area contributed by atoms with Gasteiger partial charge in [-0.25, -0.2) is 0 Å². The Morgan fingerprint density at radius 1 is 0.323 bits per heavy atom. The number of hydrogen-bond acceptors (Lipinski definition) is 8. The second-order valence-corrected chi connectivity index (χ2v) is 27.3. The summed E-state index contributed by atoms with van der Waals surface area (Å²) in [6.07, 6.45) is 115. The van der Waals surface area contributed by atoms with Gasteiger partial charge in [0.2, 0.25) is 0 Å². The van der Waals surface area contributed by atoms with Crippen LogP contribution in [0.15, 0.2) is 194 Å². The number of allylic oxidation sites excluding steroid dienone is 32. The van der Waals surface area contributed by atoms with Gasteiger partial charge in [-0.3, -0.25) is 14.2 Å². The van der Waals surface area contributed by atoms with Crippen LogP contribution in [-0.4, -0.2) is 70.0 Å². The van der Waals surface area contributed by atoms with Crippen LogP contribution in [-0.2, 0) is 32.7 Å². The third kappa shape index (κ3) is 77.9. The Labute approximate surface area is 590 Å². The molecular weight excluding hydrogens is 1210 g/mol. The molecule has 9 nitrogen and oxygen atoms in total. The van der Waals surface area contributed by atoms with Gasteiger partial charge >= 0.3 is 11.9 Å². The van der Waals surface area contributed by atoms with Crippen molar-refractivity contribution in [2.24, 2.45) is 0 Å². The maximum atomic E-state index is 12.9. The Kier molecular flexibility index (Phi) is 70.1. The maximum Gasteiger partial charge on any atom is 0.306 e. The fourth-order valence-electron chi connectivity index (χ4n) is 9.87. The zero-order valence-electron chi connectivity index (χ0n) is 61.7. The number of hydrogen-bond donors (Lipinski definition) is 0. The van der Waals surface area contributed by atoms with Gasteiger partial charge in [0.05, 0.1) is 27.7 Å². The highest BCUT2D eigenvalue weighted by Gasteiger charge is 2.22. The van der Waals surface area contributed by atoms with E-state index >= 15 is 0 Å². The number of carbonyl (C=O) groups excluding carboxylic acids is 2. The first-order valence-electron chi connectivity index (χ1n) is 38.1. The molecule has 0 heterocycles. The van der Waals surface area contributed by atoms with Crippen LogP contribution in [0.3, 0.4) is 0 Å². The molecule has 0 aliphatic carbocycles. The van der Waals surface area contributed by atoms with Crippen molar-refractivity contribution in [3.05, 3.63) is 194 Å². The van der Waals surface area contributed by atoms with Crippen molar-refractivity contribution in [1.29, 1.82) is 0 Å². The van der Waals surface area contributed by atoms with Crippen LogP contribution in [0.5, 0.6) is 0 Å². The number of carbonyl (C=O) groups is 2. The fraction of sp³-hybridized carbons (Fsp3) is 0.605. The van der Waals surface area contributed by atoms with E-state index in [1.54, 1.807) is 0 Å². The van der Waals surface area contributed by atoms with E-state index in [-0.39, 0.29) is 26.1 Å². The van der Waals surface area contributed by atoms with Gasteiger partial charge in [0.25, 0.3) is 7.82 Å². The van der Waals surface area contributed by atoms with Gasteiger partial charge in [-0.15, -0.1) is 0 Å². The normalized spacial score (nSPS) is 14.2. The highest BCUT2D eigenvalue weighted by molar-refractivity contribution is 7.45. The van der Waals surface area contributed by atoms with Crippen LogP contribution in [0.2, 0.25) is 0 Å². The number of ether oxygens (including phenoxy) is 2. The minimum Gasteiger partial charge on any atom is -0.756 e. The van der Waals surface area contributed by atoms with Crippen LogP contribution < -0.4 is 4.89 Å². The average Bonchev–Trinajstić information content (AvgIpc) is 1.98. The first-order valence-corrected chi connectivity index (χ1v) is 39.6. The van der Waals surface area contributed by atoms with Gasteiger partial charge < -0.3 is 27.9 Å². The topological polar surface area (TPSA) is 111 Å². The van der Waals surface area contributed by atoms with Crippen molar-refractivity contribution in [2.75, 3.05) is 47.5 Å². The molecule has 0 bridgehead atoms. The van der Waals surface area contributed by atoms with Crippen LogP contribution in [0.25, 0.3) is 0 Å². The van der Waals surface area contributed by atoms with E-state index in [2.05, 4.69) is 208 Å². The van der Waals surface area contributed by atoms with E-state index in [1.165, 1.54) is 116 Å². The van der Waals surface area contributed by atoms with E-state index in [0.717, 1.165) is 135 Å². The van der Waals surface area contributed by atoms with E-state index in [9.17, 15) is 19.0 Å². The highest BCUT2D eigenvalue weighted by Crippen LogP contribution is 2.38. The molecule has 542 valence electrons. The van der Waals surface area contributed by atoms with Crippen LogP contribution in [0.1, 0.15) is 284 Å². The number of phosphoric ester groups is 1. The summed E-state index contributed by atoms with van der Waals surface area (Å²) in [7, 11) is 1.12. The lowest BCUT2D eigenvalue weighted by molar-refractivity contribution is -0.870. The molecule has 0 spiro atoms. The largest absolute Gasteiger partial charge is 0.756 e. The molecule has 0 N–H and O–H groups in total. The Morgan fingerprint density at radius 3 is 0.854 bits per heavy atom. The second-order valence-electron chi connectivity index (χ2n) is 25.9. The summed E-state index contributed by atoms with van der Waals surface area (Å²) in [4.78, 5) is 38.1. The van der Waals surface area contributed by atoms with Crippen molar-refractivity contribution >= 4 is 19.8 Å². The van der Waals surface area contributed by atoms with Crippen molar-refractivity contribution in [3.8, 4) is 0 Å². The molecule has 0 aliphatic rings. The lowest BCUT2D eigenvalue weighted by atomic mass is 10.0. The Balaban J connectivity index is 4.14. The van der Waals surface area contributed by atoms with Crippen LogP contribution >= 0.6 is 7.82 Å². The fourth-order valence-corrected chi connectivity index (χ4v) is 10.6. The number of quaternary nitrogens is 1. The molecule has 0 saturated carbocycles. The molecule has 0 aliphatic heterocycles. The van der Waals surface area contributed by atoms with Crippen molar-refractivity contribution in [2.45, 2.75) is 290 Å². The molecule has 2 atom stereocenters. The number of phosphoric acid groups is 1. The predicted molar refractivity (Wildman–Crippen MR) is 415 cm³/mol. The molecule has 0 saturated heterocycles. The predicted octanol–water partition coefficient (Wildman–Crippen LogP) is 25.0. The molecule has 0 radical (unpaired) electrons. The van der Waals surface area contributed by atoms with E-state index < -0.39 is 32.5 Å². The van der Waals surface area contributed by atoms with Crippen molar-refractivity contribution < 1.29 is 42.1 Å². The van der Waals surface area contributed by atoms with Gasteiger partial charge in [0, 0.05) is 12.8 Å². The SMILES string of the molecule is CC/C=C\C/C=C\C/C=C\C/C=C\C/C=C\C/C=C\C/C=C\C/C=C\C/C=C\C/C=C\C/C=C\C/C=C\CCCCC(=O)OC(COC(=O)CCCCCCCCCCCCCCCCCCCCCC/C=C\C/C=C\C/C=C\C/C=C\CC)COP(=O)([O-])OCC[N+](C)(C)C. The maximum absolute atomic E-state index is 12.9. The summed E-state index contributed by atoms with van der Waals surface area (Å²) in [5, 5.41) is 0. The molecule has 0 fully saturated rings.